The number of nitrogens with zero attached hydrogens (tertiary/aromatic N) is 3. The Kier molecular flexibility index (Phi) is 4.83. The molecule has 0 fully saturated rings. The molecule has 0 N–H and O–H groups in total. The van der Waals surface area contributed by atoms with Gasteiger partial charge in [0, 0.05) is 32.9 Å². The lowest BCUT2D eigenvalue weighted by atomic mass is 9.81. The summed E-state index contributed by atoms with van der Waals surface area (Å²) in [5.74, 6) is 2.00. The van der Waals surface area contributed by atoms with Crippen LogP contribution in [0.2, 0.25) is 0 Å². The van der Waals surface area contributed by atoms with Gasteiger partial charge in [-0.25, -0.2) is 15.0 Å². The normalized spacial score (nSPS) is 13.4. The van der Waals surface area contributed by atoms with E-state index < -0.39 is 0 Å². The van der Waals surface area contributed by atoms with Gasteiger partial charge in [0.25, 0.3) is 0 Å². The molecule has 190 valence electrons. The van der Waals surface area contributed by atoms with E-state index in [2.05, 4.69) is 56.3 Å². The predicted molar refractivity (Wildman–Crippen MR) is 161 cm³/mol. The van der Waals surface area contributed by atoms with Gasteiger partial charge in [-0.3, -0.25) is 0 Å². The highest BCUT2D eigenvalue weighted by atomic mass is 16.3. The number of hydrogen-bond acceptors (Lipinski definition) is 4. The van der Waals surface area contributed by atoms with Crippen molar-refractivity contribution in [2.45, 2.75) is 19.3 Å². The Labute approximate surface area is 232 Å². The number of aromatic nitrogens is 3. The topological polar surface area (TPSA) is 51.8 Å². The molecule has 0 bridgehead atoms. The van der Waals surface area contributed by atoms with Crippen molar-refractivity contribution < 1.29 is 4.42 Å². The van der Waals surface area contributed by atoms with E-state index in [0.29, 0.717) is 17.5 Å². The standard InChI is InChI=1S/C36H25N3O/c1-36(2)29-19-24(17-18-25(29)27-21-32-28(20-30(27)36)26-15-9-10-16-31(26)40-32)35-38-33(22-11-5-3-6-12-22)37-34(39-35)23-13-7-4-8-14-23/h3-21H,1-2H3. The number of furan rings is 1. The van der Waals surface area contributed by atoms with Crippen LogP contribution in [0.5, 0.6) is 0 Å². The van der Waals surface area contributed by atoms with Crippen LogP contribution in [0.25, 0.3) is 67.2 Å². The Balaban J connectivity index is 1.30. The quantitative estimate of drug-likeness (QED) is 0.235. The number of benzene rings is 5. The summed E-state index contributed by atoms with van der Waals surface area (Å²) in [6.45, 7) is 4.60. The molecule has 2 aromatic heterocycles. The first-order valence-electron chi connectivity index (χ1n) is 13.5. The first-order valence-corrected chi connectivity index (χ1v) is 13.5. The minimum Gasteiger partial charge on any atom is -0.456 e. The van der Waals surface area contributed by atoms with Crippen LogP contribution in [-0.2, 0) is 5.41 Å². The van der Waals surface area contributed by atoms with Gasteiger partial charge in [0.2, 0.25) is 0 Å². The molecule has 5 aromatic carbocycles. The third-order valence-corrected chi connectivity index (χ3v) is 8.13. The van der Waals surface area contributed by atoms with Crippen molar-refractivity contribution in [1.29, 1.82) is 0 Å². The summed E-state index contributed by atoms with van der Waals surface area (Å²) in [5.41, 5.74) is 9.59. The molecule has 0 saturated heterocycles. The summed E-state index contributed by atoms with van der Waals surface area (Å²) in [4.78, 5) is 14.8. The second-order valence-electron chi connectivity index (χ2n) is 10.9. The zero-order chi connectivity index (χ0) is 26.8. The van der Waals surface area contributed by atoms with Crippen molar-refractivity contribution in [3.05, 3.63) is 126 Å². The van der Waals surface area contributed by atoms with E-state index in [1.165, 1.54) is 22.3 Å². The highest BCUT2D eigenvalue weighted by Gasteiger charge is 2.36. The number of hydrogen-bond donors (Lipinski definition) is 0. The molecule has 0 spiro atoms. The summed E-state index contributed by atoms with van der Waals surface area (Å²) in [7, 11) is 0. The minimum atomic E-state index is -0.190. The molecule has 0 unspecified atom stereocenters. The Bertz CT molecular complexity index is 2020. The van der Waals surface area contributed by atoms with Crippen LogP contribution in [0, 0.1) is 0 Å². The minimum absolute atomic E-state index is 0.190. The van der Waals surface area contributed by atoms with E-state index in [9.17, 15) is 0 Å². The molecular weight excluding hydrogens is 490 g/mol. The van der Waals surface area contributed by atoms with E-state index in [1.807, 2.05) is 72.8 Å². The van der Waals surface area contributed by atoms with Gasteiger partial charge in [-0.05, 0) is 46.5 Å². The van der Waals surface area contributed by atoms with Gasteiger partial charge < -0.3 is 4.42 Å². The monoisotopic (exact) mass is 515 g/mol. The number of fused-ring (bicyclic) bond motifs is 6. The molecule has 0 saturated carbocycles. The lowest BCUT2D eigenvalue weighted by Crippen LogP contribution is -2.15. The first-order chi connectivity index (χ1) is 19.6. The van der Waals surface area contributed by atoms with Gasteiger partial charge in [-0.15, -0.1) is 0 Å². The van der Waals surface area contributed by atoms with Crippen LogP contribution < -0.4 is 0 Å². The highest BCUT2D eigenvalue weighted by Crippen LogP contribution is 2.51. The molecule has 4 heteroatoms. The van der Waals surface area contributed by atoms with E-state index in [-0.39, 0.29) is 5.41 Å². The maximum atomic E-state index is 6.24. The fraction of sp³-hybridized carbons (Fsp3) is 0.0833. The van der Waals surface area contributed by atoms with Crippen LogP contribution in [-0.4, -0.2) is 15.0 Å². The van der Waals surface area contributed by atoms with E-state index in [4.69, 9.17) is 19.4 Å². The summed E-state index contributed by atoms with van der Waals surface area (Å²) in [5, 5.41) is 2.31. The van der Waals surface area contributed by atoms with Gasteiger partial charge in [0.1, 0.15) is 11.2 Å². The maximum Gasteiger partial charge on any atom is 0.164 e. The molecule has 7 aromatic rings. The Hall–Kier alpha value is -5.09. The molecule has 8 rings (SSSR count). The highest BCUT2D eigenvalue weighted by molar-refractivity contribution is 6.07. The van der Waals surface area contributed by atoms with E-state index in [0.717, 1.165) is 38.6 Å². The second-order valence-corrected chi connectivity index (χ2v) is 10.9. The van der Waals surface area contributed by atoms with Gasteiger partial charge in [-0.1, -0.05) is 105 Å². The maximum absolute atomic E-state index is 6.24. The molecule has 0 aliphatic heterocycles. The van der Waals surface area contributed by atoms with Crippen molar-refractivity contribution in [2.75, 3.05) is 0 Å². The SMILES string of the molecule is CC1(C)c2cc(-c3nc(-c4ccccc4)nc(-c4ccccc4)n3)ccc2-c2cc3oc4ccccc4c3cc21. The Morgan fingerprint density at radius 3 is 1.73 bits per heavy atom. The molecule has 40 heavy (non-hydrogen) atoms. The lowest BCUT2D eigenvalue weighted by molar-refractivity contribution is 0.658. The Morgan fingerprint density at radius 1 is 0.475 bits per heavy atom. The summed E-state index contributed by atoms with van der Waals surface area (Å²) < 4.78 is 6.24. The van der Waals surface area contributed by atoms with Crippen molar-refractivity contribution in [2.24, 2.45) is 0 Å². The van der Waals surface area contributed by atoms with Crippen molar-refractivity contribution in [3.8, 4) is 45.3 Å². The van der Waals surface area contributed by atoms with Gasteiger partial charge in [0.15, 0.2) is 17.5 Å². The van der Waals surface area contributed by atoms with Crippen molar-refractivity contribution in [1.82, 2.24) is 15.0 Å². The van der Waals surface area contributed by atoms with Crippen molar-refractivity contribution >= 4 is 21.9 Å². The van der Waals surface area contributed by atoms with Crippen LogP contribution >= 0.6 is 0 Å². The number of para-hydroxylation sites is 1. The van der Waals surface area contributed by atoms with Crippen LogP contribution in [0.15, 0.2) is 120 Å². The molecule has 0 atom stereocenters. The average molecular weight is 516 g/mol. The van der Waals surface area contributed by atoms with Crippen molar-refractivity contribution in [3.63, 3.8) is 0 Å². The number of rotatable bonds is 3. The van der Waals surface area contributed by atoms with Crippen LogP contribution in [0.3, 0.4) is 0 Å². The molecule has 4 nitrogen and oxygen atoms in total. The molecule has 0 radical (unpaired) electrons. The fourth-order valence-electron chi connectivity index (χ4n) is 6.03. The zero-order valence-corrected chi connectivity index (χ0v) is 22.2. The largest absolute Gasteiger partial charge is 0.456 e. The molecule has 1 aliphatic rings. The predicted octanol–water partition coefficient (Wildman–Crippen LogP) is 9.08. The molecule has 2 heterocycles. The average Bonchev–Trinajstić information content (AvgIpc) is 3.48. The molecular formula is C36H25N3O. The summed E-state index contributed by atoms with van der Waals surface area (Å²) in [6, 6.07) is 39.6. The molecule has 1 aliphatic carbocycles. The van der Waals surface area contributed by atoms with E-state index in [1.54, 1.807) is 0 Å². The van der Waals surface area contributed by atoms with Gasteiger partial charge in [-0.2, -0.15) is 0 Å². The third kappa shape index (κ3) is 3.43. The van der Waals surface area contributed by atoms with Crippen LogP contribution in [0.4, 0.5) is 0 Å². The summed E-state index contributed by atoms with van der Waals surface area (Å²) >= 11 is 0. The van der Waals surface area contributed by atoms with E-state index >= 15 is 0 Å². The molecule has 0 amide bonds. The Morgan fingerprint density at radius 2 is 1.05 bits per heavy atom. The fourth-order valence-corrected chi connectivity index (χ4v) is 6.03. The van der Waals surface area contributed by atoms with Gasteiger partial charge >= 0.3 is 0 Å². The zero-order valence-electron chi connectivity index (χ0n) is 22.2. The summed E-state index contributed by atoms with van der Waals surface area (Å²) in [6.07, 6.45) is 0. The second kappa shape index (κ2) is 8.45. The lowest BCUT2D eigenvalue weighted by Gasteiger charge is -2.22. The van der Waals surface area contributed by atoms with Gasteiger partial charge in [0.05, 0.1) is 0 Å². The smallest absolute Gasteiger partial charge is 0.164 e. The first kappa shape index (κ1) is 22.9. The van der Waals surface area contributed by atoms with Crippen LogP contribution in [0.1, 0.15) is 25.0 Å². The third-order valence-electron chi connectivity index (χ3n) is 8.13.